The van der Waals surface area contributed by atoms with E-state index in [0.717, 1.165) is 11.3 Å². The van der Waals surface area contributed by atoms with Crippen LogP contribution in [0.3, 0.4) is 0 Å². The number of benzene rings is 4. The van der Waals surface area contributed by atoms with Crippen LogP contribution in [0.2, 0.25) is 10.0 Å². The Bertz CT molecular complexity index is 2770. The zero-order valence-corrected chi connectivity index (χ0v) is 39.1. The Kier molecular flexibility index (Phi) is 12.6. The first kappa shape index (κ1) is 46.1. The second-order valence-corrected chi connectivity index (χ2v) is 19.9. The third-order valence-corrected chi connectivity index (χ3v) is 14.2. The fourth-order valence-corrected chi connectivity index (χ4v) is 10.9. The van der Waals surface area contributed by atoms with E-state index >= 15 is 4.39 Å². The summed E-state index contributed by atoms with van der Waals surface area (Å²) in [6, 6.07) is 18.8. The number of nitrogens with zero attached hydrogens (tertiary/aromatic N) is 2. The molecular weight excluding hydrogens is 898 g/mol. The van der Waals surface area contributed by atoms with Gasteiger partial charge in [0.15, 0.2) is 0 Å². The largest absolute Gasteiger partial charge is 0.495 e. The van der Waals surface area contributed by atoms with E-state index in [1.54, 1.807) is 47.4 Å². The predicted molar refractivity (Wildman–Crippen MR) is 252 cm³/mol. The summed E-state index contributed by atoms with van der Waals surface area (Å²) >= 11 is 12.9. The van der Waals surface area contributed by atoms with Gasteiger partial charge in [-0.2, -0.15) is 0 Å². The average Bonchev–Trinajstić information content (AvgIpc) is 3.86. The van der Waals surface area contributed by atoms with Crippen molar-refractivity contribution in [3.8, 4) is 17.6 Å². The zero-order valence-electron chi connectivity index (χ0n) is 37.6. The molecule has 0 bridgehead atoms. The van der Waals surface area contributed by atoms with Crippen molar-refractivity contribution in [2.75, 3.05) is 44.0 Å². The Hall–Kier alpha value is -5.98. The van der Waals surface area contributed by atoms with Crippen molar-refractivity contribution in [3.05, 3.63) is 122 Å². The molecule has 0 saturated carbocycles. The summed E-state index contributed by atoms with van der Waals surface area (Å²) in [4.78, 5) is 69.6. The van der Waals surface area contributed by atoms with Gasteiger partial charge in [-0.1, -0.05) is 80.1 Å². The molecule has 4 aromatic rings. The van der Waals surface area contributed by atoms with E-state index in [-0.39, 0.29) is 65.9 Å². The highest BCUT2D eigenvalue weighted by Gasteiger charge is 2.61. The van der Waals surface area contributed by atoms with Gasteiger partial charge in [-0.15, -0.1) is 0 Å². The summed E-state index contributed by atoms with van der Waals surface area (Å²) < 4.78 is 28.2. The number of methoxy groups -OCH3 is 1. The maximum atomic E-state index is 16.3. The van der Waals surface area contributed by atoms with Crippen molar-refractivity contribution >= 4 is 64.1 Å². The number of carbonyl (C=O) groups is 5. The summed E-state index contributed by atoms with van der Waals surface area (Å²) in [5.74, 6) is 3.60. The molecule has 5 heterocycles. The lowest BCUT2D eigenvalue weighted by atomic mass is 9.63. The summed E-state index contributed by atoms with van der Waals surface area (Å²) in [7, 11) is 1.46. The van der Waals surface area contributed by atoms with Gasteiger partial charge in [-0.3, -0.25) is 29.3 Å². The standard InChI is InChI=1S/C51H51Cl2FN6O7/c1-50(2,3)25-41-51(27-55-38-24-30(52)13-15-35(38)51)43(33-9-6-10-36(53)44(33)54)45(57-41)47(63)56-37-16-12-29(23-40(37)66-4)48(64)59-20-19-31(67-22-21-59)14-11-28-7-5-8-32-34(28)26-60(49(32)65)39-17-18-42(61)58-46(39)62/h5-10,12-13,15-16,23-24,31,39,41,43,45,55,57H,17-22,25-27H2,1-4H3,(H,56,63)(H,58,61,62)/t31-,39?,41-,43-,45+,51-/m0/s1. The first-order chi connectivity index (χ1) is 32.1. The van der Waals surface area contributed by atoms with Crippen molar-refractivity contribution in [2.24, 2.45) is 5.41 Å². The highest BCUT2D eigenvalue weighted by Crippen LogP contribution is 2.56. The van der Waals surface area contributed by atoms with E-state index in [0.29, 0.717) is 71.0 Å². The number of rotatable bonds is 7. The summed E-state index contributed by atoms with van der Waals surface area (Å²) in [6.45, 7) is 7.94. The van der Waals surface area contributed by atoms with Crippen molar-refractivity contribution in [3.63, 3.8) is 0 Å². The van der Waals surface area contributed by atoms with Gasteiger partial charge in [0.1, 0.15) is 23.7 Å². The second kappa shape index (κ2) is 18.3. The molecule has 6 atom stereocenters. The van der Waals surface area contributed by atoms with Crippen LogP contribution in [-0.4, -0.2) is 96.9 Å². The number of amides is 5. The molecule has 5 aliphatic heterocycles. The molecule has 3 fully saturated rings. The first-order valence-electron chi connectivity index (χ1n) is 22.5. The number of fused-ring (bicyclic) bond motifs is 3. The second-order valence-electron chi connectivity index (χ2n) is 19.0. The third kappa shape index (κ3) is 8.74. The lowest BCUT2D eigenvalue weighted by Crippen LogP contribution is -2.52. The molecule has 4 aromatic carbocycles. The molecule has 13 nitrogen and oxygen atoms in total. The van der Waals surface area contributed by atoms with Crippen molar-refractivity contribution in [1.29, 1.82) is 0 Å². The Morgan fingerprint density at radius 1 is 1.01 bits per heavy atom. The molecule has 5 aliphatic rings. The summed E-state index contributed by atoms with van der Waals surface area (Å²) in [5.41, 5.74) is 3.67. The van der Waals surface area contributed by atoms with E-state index in [1.807, 2.05) is 24.3 Å². The van der Waals surface area contributed by atoms with Crippen molar-refractivity contribution < 1.29 is 37.8 Å². The van der Waals surface area contributed by atoms with E-state index in [9.17, 15) is 24.0 Å². The van der Waals surface area contributed by atoms with E-state index in [4.69, 9.17) is 32.7 Å². The number of piperidine rings is 1. The molecule has 5 amide bonds. The molecule has 1 unspecified atom stereocenters. The first-order valence-corrected chi connectivity index (χ1v) is 23.2. The topological polar surface area (TPSA) is 158 Å². The van der Waals surface area contributed by atoms with Gasteiger partial charge in [0.2, 0.25) is 17.7 Å². The van der Waals surface area contributed by atoms with Gasteiger partial charge >= 0.3 is 0 Å². The van der Waals surface area contributed by atoms with Gasteiger partial charge in [0.25, 0.3) is 11.8 Å². The van der Waals surface area contributed by atoms with Crippen LogP contribution in [0.15, 0.2) is 72.8 Å². The van der Waals surface area contributed by atoms with Crippen LogP contribution in [0.5, 0.6) is 5.75 Å². The van der Waals surface area contributed by atoms with Crippen LogP contribution >= 0.6 is 23.2 Å². The third-order valence-electron chi connectivity index (χ3n) is 13.6. The number of hydrogen-bond acceptors (Lipinski definition) is 9. The van der Waals surface area contributed by atoms with Gasteiger partial charge in [-0.25, -0.2) is 4.39 Å². The van der Waals surface area contributed by atoms with Crippen LogP contribution in [0.25, 0.3) is 0 Å². The Balaban J connectivity index is 0.913. The average molecular weight is 950 g/mol. The predicted octanol–water partition coefficient (Wildman–Crippen LogP) is 7.05. The minimum Gasteiger partial charge on any atom is -0.495 e. The maximum Gasteiger partial charge on any atom is 0.255 e. The quantitative estimate of drug-likeness (QED) is 0.113. The zero-order chi connectivity index (χ0) is 47.4. The van der Waals surface area contributed by atoms with Crippen molar-refractivity contribution in [1.82, 2.24) is 20.4 Å². The molecule has 0 radical (unpaired) electrons. The smallest absolute Gasteiger partial charge is 0.255 e. The number of carbonyl (C=O) groups excluding carboxylic acids is 5. The number of imide groups is 1. The monoisotopic (exact) mass is 948 g/mol. The highest BCUT2D eigenvalue weighted by atomic mass is 35.5. The fraction of sp³-hybridized carbons (Fsp3) is 0.392. The Morgan fingerprint density at radius 3 is 2.60 bits per heavy atom. The molecule has 0 aliphatic carbocycles. The molecule has 67 heavy (non-hydrogen) atoms. The van der Waals surface area contributed by atoms with E-state index in [2.05, 4.69) is 53.9 Å². The van der Waals surface area contributed by atoms with Crippen LogP contribution < -0.4 is 26.0 Å². The minimum atomic E-state index is -0.916. The van der Waals surface area contributed by atoms with Crippen LogP contribution in [-0.2, 0) is 31.1 Å². The molecule has 348 valence electrons. The van der Waals surface area contributed by atoms with Gasteiger partial charge in [-0.05, 0) is 83.5 Å². The van der Waals surface area contributed by atoms with Gasteiger partial charge < -0.3 is 35.2 Å². The number of hydrogen-bond donors (Lipinski definition) is 4. The maximum absolute atomic E-state index is 16.3. The number of halogens is 3. The summed E-state index contributed by atoms with van der Waals surface area (Å²) in [5, 5.41) is 13.1. The Morgan fingerprint density at radius 2 is 1.82 bits per heavy atom. The molecule has 16 heteroatoms. The molecule has 3 saturated heterocycles. The fourth-order valence-electron chi connectivity index (χ4n) is 10.5. The molecule has 1 spiro atoms. The highest BCUT2D eigenvalue weighted by molar-refractivity contribution is 6.31. The van der Waals surface area contributed by atoms with Crippen molar-refractivity contribution in [2.45, 2.75) is 88.6 Å². The van der Waals surface area contributed by atoms with Gasteiger partial charge in [0, 0.05) is 83.8 Å². The number of nitrogens with one attached hydrogen (secondary N) is 4. The van der Waals surface area contributed by atoms with E-state index < -0.39 is 47.2 Å². The van der Waals surface area contributed by atoms with Gasteiger partial charge in [0.05, 0.1) is 30.5 Å². The molecule has 4 N–H and O–H groups in total. The SMILES string of the molecule is COc1cc(C(=O)N2CCO[C@@H](C#Cc3cccc4c3CN(C3CCC(=O)NC3=O)C4=O)CC2)ccc1NC(=O)[C@@H]1N[C@@H](CC(C)(C)C)[C@@]2(CNc3cc(Cl)ccc32)[C@H]1c1cccc(Cl)c1F. The molecule has 9 rings (SSSR count). The van der Waals surface area contributed by atoms with Crippen LogP contribution in [0, 0.1) is 23.1 Å². The summed E-state index contributed by atoms with van der Waals surface area (Å²) in [6.07, 6.45) is 1.03. The lowest BCUT2D eigenvalue weighted by molar-refractivity contribution is -0.137. The lowest BCUT2D eigenvalue weighted by Gasteiger charge is -2.39. The number of ether oxygens (including phenoxy) is 2. The van der Waals surface area contributed by atoms with E-state index in [1.165, 1.54) is 18.1 Å². The normalized spacial score (nSPS) is 24.6. The molecular formula is C51H51Cl2FN6O7. The van der Waals surface area contributed by atoms with Crippen LogP contribution in [0.1, 0.15) is 95.3 Å². The molecule has 0 aromatic heterocycles. The van der Waals surface area contributed by atoms with Crippen LogP contribution in [0.4, 0.5) is 15.8 Å². The minimum absolute atomic E-state index is 0.0369. The number of anilines is 2. The Labute approximate surface area is 398 Å².